The lowest BCUT2D eigenvalue weighted by atomic mass is 10.0. The zero-order chi connectivity index (χ0) is 14.0. The van der Waals surface area contributed by atoms with Crippen molar-refractivity contribution in [2.45, 2.75) is 6.18 Å². The van der Waals surface area contributed by atoms with E-state index in [1.807, 2.05) is 0 Å². The van der Waals surface area contributed by atoms with Crippen LogP contribution in [0.15, 0.2) is 36.5 Å². The summed E-state index contributed by atoms with van der Waals surface area (Å²) in [6.07, 6.45) is -2.65. The first kappa shape index (κ1) is 13.5. The van der Waals surface area contributed by atoms with Gasteiger partial charge < -0.3 is 0 Å². The summed E-state index contributed by atoms with van der Waals surface area (Å²) < 4.78 is 37.9. The number of carbonyl (C=O) groups is 1. The second-order valence-corrected chi connectivity index (χ2v) is 4.22. The van der Waals surface area contributed by atoms with Crippen LogP contribution in [0.1, 0.15) is 15.9 Å². The number of rotatable bonds is 2. The van der Waals surface area contributed by atoms with Crippen LogP contribution in [-0.2, 0) is 6.18 Å². The van der Waals surface area contributed by atoms with Crippen LogP contribution < -0.4 is 0 Å². The second-order valence-electron chi connectivity index (χ2n) is 3.79. The van der Waals surface area contributed by atoms with Crippen LogP contribution in [0.25, 0.3) is 11.3 Å². The molecule has 98 valence electrons. The summed E-state index contributed by atoms with van der Waals surface area (Å²) in [5, 5.41) is 0.248. The molecule has 1 aromatic carbocycles. The minimum absolute atomic E-state index is 0.145. The lowest BCUT2D eigenvalue weighted by Gasteiger charge is -2.09. The number of halogens is 4. The van der Waals surface area contributed by atoms with E-state index in [-0.39, 0.29) is 21.8 Å². The predicted molar refractivity (Wildman–Crippen MR) is 65.1 cm³/mol. The molecule has 0 N–H and O–H groups in total. The fourth-order valence-electron chi connectivity index (χ4n) is 1.63. The van der Waals surface area contributed by atoms with Crippen molar-refractivity contribution in [3.05, 3.63) is 52.7 Å². The number of alkyl halides is 3. The van der Waals surface area contributed by atoms with Gasteiger partial charge in [-0.1, -0.05) is 23.7 Å². The number of hydrogen-bond donors (Lipinski definition) is 0. The van der Waals surface area contributed by atoms with E-state index < -0.39 is 11.7 Å². The average Bonchev–Trinajstić information content (AvgIpc) is 2.37. The Hall–Kier alpha value is -1.88. The largest absolute Gasteiger partial charge is 0.416 e. The van der Waals surface area contributed by atoms with Gasteiger partial charge in [-0.3, -0.25) is 9.78 Å². The molecule has 0 unspecified atom stereocenters. The number of hydrogen-bond acceptors (Lipinski definition) is 2. The van der Waals surface area contributed by atoms with Gasteiger partial charge in [-0.05, 0) is 18.2 Å². The lowest BCUT2D eigenvalue weighted by Crippen LogP contribution is -2.05. The fourth-order valence-corrected chi connectivity index (χ4v) is 1.80. The van der Waals surface area contributed by atoms with Gasteiger partial charge in [0.15, 0.2) is 6.29 Å². The van der Waals surface area contributed by atoms with E-state index in [0.29, 0.717) is 6.29 Å². The Morgan fingerprint density at radius 2 is 1.95 bits per heavy atom. The number of pyridine rings is 1. The van der Waals surface area contributed by atoms with E-state index in [1.165, 1.54) is 24.4 Å². The van der Waals surface area contributed by atoms with Gasteiger partial charge in [0, 0.05) is 17.3 Å². The molecule has 0 aliphatic carbocycles. The first-order valence-electron chi connectivity index (χ1n) is 5.20. The third-order valence-electron chi connectivity index (χ3n) is 2.47. The standard InChI is InChI=1S/C13H7ClF3NO/c14-11-5-9(7-19)12(18-6-11)8-2-1-3-10(4-8)13(15,16)17/h1-7H. The fraction of sp³-hybridized carbons (Fsp3) is 0.0769. The molecule has 19 heavy (non-hydrogen) atoms. The molecule has 2 rings (SSSR count). The van der Waals surface area contributed by atoms with Gasteiger partial charge in [-0.25, -0.2) is 0 Å². The predicted octanol–water partition coefficient (Wildman–Crippen LogP) is 4.23. The molecule has 0 saturated heterocycles. The zero-order valence-electron chi connectivity index (χ0n) is 9.41. The molecule has 0 aliphatic rings. The van der Waals surface area contributed by atoms with Gasteiger partial charge in [0.2, 0.25) is 0 Å². The summed E-state index contributed by atoms with van der Waals surface area (Å²) in [4.78, 5) is 14.8. The highest BCUT2D eigenvalue weighted by molar-refractivity contribution is 6.30. The molecule has 1 aromatic heterocycles. The maximum Gasteiger partial charge on any atom is 0.416 e. The van der Waals surface area contributed by atoms with Crippen LogP contribution in [0.2, 0.25) is 5.02 Å². The molecule has 6 heteroatoms. The van der Waals surface area contributed by atoms with Crippen molar-refractivity contribution in [1.29, 1.82) is 0 Å². The van der Waals surface area contributed by atoms with Crippen LogP contribution in [0, 0.1) is 0 Å². The Bertz CT molecular complexity index is 626. The van der Waals surface area contributed by atoms with Gasteiger partial charge in [-0.2, -0.15) is 13.2 Å². The molecule has 0 bridgehead atoms. The van der Waals surface area contributed by atoms with E-state index in [1.54, 1.807) is 0 Å². The van der Waals surface area contributed by atoms with E-state index >= 15 is 0 Å². The van der Waals surface area contributed by atoms with Crippen molar-refractivity contribution in [3.63, 3.8) is 0 Å². The Labute approximate surface area is 111 Å². The second kappa shape index (κ2) is 5.01. The number of nitrogens with zero attached hydrogens (tertiary/aromatic N) is 1. The van der Waals surface area contributed by atoms with Crippen molar-refractivity contribution >= 4 is 17.9 Å². The Kier molecular flexibility index (Phi) is 3.57. The summed E-state index contributed by atoms with van der Waals surface area (Å²) in [5.74, 6) is 0. The molecule has 0 saturated carbocycles. The normalized spacial score (nSPS) is 11.4. The Balaban J connectivity index is 2.56. The van der Waals surface area contributed by atoms with E-state index in [2.05, 4.69) is 4.98 Å². The molecule has 0 radical (unpaired) electrons. The van der Waals surface area contributed by atoms with Crippen molar-refractivity contribution in [3.8, 4) is 11.3 Å². The smallest absolute Gasteiger partial charge is 0.298 e. The average molecular weight is 286 g/mol. The van der Waals surface area contributed by atoms with Crippen molar-refractivity contribution in [2.75, 3.05) is 0 Å². The zero-order valence-corrected chi connectivity index (χ0v) is 10.2. The lowest BCUT2D eigenvalue weighted by molar-refractivity contribution is -0.137. The first-order chi connectivity index (χ1) is 8.91. The number of carbonyl (C=O) groups excluding carboxylic acids is 1. The molecule has 0 fully saturated rings. The van der Waals surface area contributed by atoms with Crippen molar-refractivity contribution in [2.24, 2.45) is 0 Å². The molecule has 0 spiro atoms. The van der Waals surface area contributed by atoms with E-state index in [9.17, 15) is 18.0 Å². The Morgan fingerprint density at radius 1 is 1.21 bits per heavy atom. The highest BCUT2D eigenvalue weighted by Gasteiger charge is 2.30. The third kappa shape index (κ3) is 2.93. The first-order valence-corrected chi connectivity index (χ1v) is 5.58. The molecule has 0 aliphatic heterocycles. The Morgan fingerprint density at radius 3 is 2.58 bits per heavy atom. The quantitative estimate of drug-likeness (QED) is 0.773. The minimum Gasteiger partial charge on any atom is -0.298 e. The molecule has 2 aromatic rings. The van der Waals surface area contributed by atoms with Crippen LogP contribution in [0.4, 0.5) is 13.2 Å². The van der Waals surface area contributed by atoms with Crippen LogP contribution in [0.5, 0.6) is 0 Å². The monoisotopic (exact) mass is 285 g/mol. The maximum atomic E-state index is 12.6. The van der Waals surface area contributed by atoms with Gasteiger partial charge in [0.1, 0.15) is 0 Å². The van der Waals surface area contributed by atoms with Gasteiger partial charge >= 0.3 is 6.18 Å². The molecular formula is C13H7ClF3NO. The van der Waals surface area contributed by atoms with Crippen molar-refractivity contribution < 1.29 is 18.0 Å². The topological polar surface area (TPSA) is 30.0 Å². The molecule has 2 nitrogen and oxygen atoms in total. The summed E-state index contributed by atoms with van der Waals surface area (Å²) >= 11 is 5.69. The van der Waals surface area contributed by atoms with Crippen LogP contribution in [-0.4, -0.2) is 11.3 Å². The number of aldehydes is 1. The molecule has 0 atom stereocenters. The summed E-state index contributed by atoms with van der Waals surface area (Å²) in [6, 6.07) is 5.99. The molecular weight excluding hydrogens is 279 g/mol. The highest BCUT2D eigenvalue weighted by atomic mass is 35.5. The maximum absolute atomic E-state index is 12.6. The van der Waals surface area contributed by atoms with Gasteiger partial charge in [-0.15, -0.1) is 0 Å². The number of benzene rings is 1. The number of aromatic nitrogens is 1. The van der Waals surface area contributed by atoms with Gasteiger partial charge in [0.25, 0.3) is 0 Å². The van der Waals surface area contributed by atoms with Crippen LogP contribution >= 0.6 is 11.6 Å². The van der Waals surface area contributed by atoms with E-state index in [4.69, 9.17) is 11.6 Å². The highest BCUT2D eigenvalue weighted by Crippen LogP contribution is 2.32. The third-order valence-corrected chi connectivity index (χ3v) is 2.68. The minimum atomic E-state index is -4.44. The summed E-state index contributed by atoms with van der Waals surface area (Å²) in [6.45, 7) is 0. The summed E-state index contributed by atoms with van der Waals surface area (Å²) in [5.41, 5.74) is -0.260. The molecule has 0 amide bonds. The summed E-state index contributed by atoms with van der Waals surface area (Å²) in [7, 11) is 0. The SMILES string of the molecule is O=Cc1cc(Cl)cnc1-c1cccc(C(F)(F)F)c1. The van der Waals surface area contributed by atoms with E-state index in [0.717, 1.165) is 12.1 Å². The van der Waals surface area contributed by atoms with Crippen LogP contribution in [0.3, 0.4) is 0 Å². The van der Waals surface area contributed by atoms with Crippen molar-refractivity contribution in [1.82, 2.24) is 4.98 Å². The molecule has 1 heterocycles. The van der Waals surface area contributed by atoms with Gasteiger partial charge in [0.05, 0.1) is 16.3 Å².